The largest absolute Gasteiger partial charge is 0.456 e. The van der Waals surface area contributed by atoms with Gasteiger partial charge in [-0.3, -0.25) is 9.59 Å². The molecule has 1 heterocycles. The van der Waals surface area contributed by atoms with E-state index in [1.54, 1.807) is 15.8 Å². The second kappa shape index (κ2) is 9.68. The Labute approximate surface area is 170 Å². The van der Waals surface area contributed by atoms with Crippen molar-refractivity contribution in [1.29, 1.82) is 0 Å². The van der Waals surface area contributed by atoms with E-state index in [1.165, 1.54) is 0 Å². The maximum absolute atomic E-state index is 12.6. The molecule has 29 heavy (non-hydrogen) atoms. The highest BCUT2D eigenvalue weighted by molar-refractivity contribution is 5.95. The van der Waals surface area contributed by atoms with Crippen LogP contribution in [0.1, 0.15) is 25.8 Å². The van der Waals surface area contributed by atoms with Gasteiger partial charge in [0, 0.05) is 24.3 Å². The molecule has 0 fully saturated rings. The monoisotopic (exact) mass is 391 g/mol. The molecule has 2 aromatic carbocycles. The minimum absolute atomic E-state index is 0.0348. The molecule has 0 N–H and O–H groups in total. The molecule has 0 atom stereocenters. The molecule has 0 unspecified atom stereocenters. The summed E-state index contributed by atoms with van der Waals surface area (Å²) in [5, 5.41) is 4.32. The number of esters is 1. The van der Waals surface area contributed by atoms with Gasteiger partial charge >= 0.3 is 5.97 Å². The lowest BCUT2D eigenvalue weighted by molar-refractivity contribution is -0.147. The first-order valence-corrected chi connectivity index (χ1v) is 9.66. The molecule has 1 amide bonds. The summed E-state index contributed by atoms with van der Waals surface area (Å²) in [6, 6.07) is 19.1. The number of amides is 1. The van der Waals surface area contributed by atoms with Crippen molar-refractivity contribution in [3.8, 4) is 5.69 Å². The van der Waals surface area contributed by atoms with Crippen LogP contribution in [0.15, 0.2) is 73.1 Å². The molecule has 0 aliphatic heterocycles. The maximum atomic E-state index is 12.6. The van der Waals surface area contributed by atoms with E-state index < -0.39 is 5.97 Å². The Bertz CT molecular complexity index is 936. The average molecular weight is 391 g/mol. The molecular weight excluding hydrogens is 366 g/mol. The standard InChI is InChI=1S/C23H25N3O3/c1-18(2)26(21-11-7-4-8-12-21)22(27)17-29-23(28)14-13-19-15-24-25(16-19)20-9-5-3-6-10-20/h3-12,15-16,18H,13-14,17H2,1-2H3. The van der Waals surface area contributed by atoms with Crippen molar-refractivity contribution < 1.29 is 14.3 Å². The summed E-state index contributed by atoms with van der Waals surface area (Å²) in [5.41, 5.74) is 2.68. The molecule has 0 radical (unpaired) electrons. The van der Waals surface area contributed by atoms with Gasteiger partial charge in [-0.1, -0.05) is 36.4 Å². The van der Waals surface area contributed by atoms with Gasteiger partial charge < -0.3 is 9.64 Å². The molecule has 3 rings (SSSR count). The van der Waals surface area contributed by atoms with Crippen LogP contribution in [0.4, 0.5) is 5.69 Å². The number of carbonyl (C=O) groups excluding carboxylic acids is 2. The molecule has 0 aliphatic rings. The number of aryl methyl sites for hydroxylation is 1. The highest BCUT2D eigenvalue weighted by atomic mass is 16.5. The van der Waals surface area contributed by atoms with Crippen molar-refractivity contribution in [2.45, 2.75) is 32.7 Å². The Kier molecular flexibility index (Phi) is 6.79. The summed E-state index contributed by atoms with van der Waals surface area (Å²) in [6.07, 6.45) is 4.33. The first kappa shape index (κ1) is 20.3. The number of hydrogen-bond donors (Lipinski definition) is 0. The van der Waals surface area contributed by atoms with Gasteiger partial charge in [0.15, 0.2) is 6.61 Å². The number of hydrogen-bond acceptors (Lipinski definition) is 4. The Morgan fingerprint density at radius 3 is 2.34 bits per heavy atom. The molecule has 6 heteroatoms. The number of para-hydroxylation sites is 2. The SMILES string of the molecule is CC(C)N(C(=O)COC(=O)CCc1cnn(-c2ccccc2)c1)c1ccccc1. The normalized spacial score (nSPS) is 10.7. The number of nitrogens with zero attached hydrogens (tertiary/aromatic N) is 3. The summed E-state index contributed by atoms with van der Waals surface area (Å²) in [6.45, 7) is 3.59. The Hall–Kier alpha value is -3.41. The minimum Gasteiger partial charge on any atom is -0.456 e. The number of benzene rings is 2. The zero-order chi connectivity index (χ0) is 20.6. The van der Waals surface area contributed by atoms with Crippen LogP contribution >= 0.6 is 0 Å². The van der Waals surface area contributed by atoms with Crippen molar-refractivity contribution >= 4 is 17.6 Å². The molecule has 3 aromatic rings. The Balaban J connectivity index is 1.50. The van der Waals surface area contributed by atoms with Crippen LogP contribution < -0.4 is 4.90 Å². The Morgan fingerprint density at radius 2 is 1.69 bits per heavy atom. The summed E-state index contributed by atoms with van der Waals surface area (Å²) >= 11 is 0. The number of carbonyl (C=O) groups is 2. The van der Waals surface area contributed by atoms with Gasteiger partial charge in [-0.2, -0.15) is 5.10 Å². The average Bonchev–Trinajstić information content (AvgIpc) is 3.21. The highest BCUT2D eigenvalue weighted by Crippen LogP contribution is 2.17. The number of anilines is 1. The number of aromatic nitrogens is 2. The predicted molar refractivity (Wildman–Crippen MR) is 112 cm³/mol. The molecule has 0 spiro atoms. The van der Waals surface area contributed by atoms with Gasteiger partial charge in [0.1, 0.15) is 0 Å². The van der Waals surface area contributed by atoms with Crippen molar-refractivity contribution in [3.05, 3.63) is 78.6 Å². The van der Waals surface area contributed by atoms with Crippen LogP contribution in [-0.2, 0) is 20.7 Å². The van der Waals surface area contributed by atoms with Crippen molar-refractivity contribution in [2.24, 2.45) is 0 Å². The lowest BCUT2D eigenvalue weighted by Crippen LogP contribution is -2.39. The first-order chi connectivity index (χ1) is 14.0. The van der Waals surface area contributed by atoms with Crippen LogP contribution in [0, 0.1) is 0 Å². The van der Waals surface area contributed by atoms with Gasteiger partial charge in [0.2, 0.25) is 0 Å². The summed E-state index contributed by atoms with van der Waals surface area (Å²) in [5.74, 6) is -0.640. The van der Waals surface area contributed by atoms with E-state index >= 15 is 0 Å². The highest BCUT2D eigenvalue weighted by Gasteiger charge is 2.20. The van der Waals surface area contributed by atoms with E-state index in [0.29, 0.717) is 6.42 Å². The molecule has 0 bridgehead atoms. The number of rotatable bonds is 8. The van der Waals surface area contributed by atoms with E-state index in [4.69, 9.17) is 4.74 Å². The van der Waals surface area contributed by atoms with E-state index in [9.17, 15) is 9.59 Å². The van der Waals surface area contributed by atoms with Crippen LogP contribution in [0.3, 0.4) is 0 Å². The quantitative estimate of drug-likeness (QED) is 0.548. The van der Waals surface area contributed by atoms with Crippen molar-refractivity contribution in [1.82, 2.24) is 9.78 Å². The fourth-order valence-electron chi connectivity index (χ4n) is 3.06. The van der Waals surface area contributed by atoms with Crippen molar-refractivity contribution in [2.75, 3.05) is 11.5 Å². The van der Waals surface area contributed by atoms with Crippen LogP contribution in [0.5, 0.6) is 0 Å². The lowest BCUT2D eigenvalue weighted by Gasteiger charge is -2.26. The smallest absolute Gasteiger partial charge is 0.306 e. The van der Waals surface area contributed by atoms with E-state index in [-0.39, 0.29) is 25.0 Å². The van der Waals surface area contributed by atoms with Crippen LogP contribution in [0.25, 0.3) is 5.69 Å². The molecule has 0 aliphatic carbocycles. The zero-order valence-corrected chi connectivity index (χ0v) is 16.7. The van der Waals surface area contributed by atoms with E-state index in [0.717, 1.165) is 16.9 Å². The first-order valence-electron chi connectivity index (χ1n) is 9.66. The van der Waals surface area contributed by atoms with Gasteiger partial charge in [0.25, 0.3) is 5.91 Å². The topological polar surface area (TPSA) is 64.4 Å². The molecule has 6 nitrogen and oxygen atoms in total. The van der Waals surface area contributed by atoms with Crippen LogP contribution in [-0.4, -0.2) is 34.3 Å². The second-order valence-corrected chi connectivity index (χ2v) is 6.98. The summed E-state index contributed by atoms with van der Waals surface area (Å²) in [7, 11) is 0. The van der Waals surface area contributed by atoms with Gasteiger partial charge in [-0.15, -0.1) is 0 Å². The Morgan fingerprint density at radius 1 is 1.03 bits per heavy atom. The maximum Gasteiger partial charge on any atom is 0.306 e. The van der Waals surface area contributed by atoms with Crippen molar-refractivity contribution in [3.63, 3.8) is 0 Å². The molecule has 0 saturated carbocycles. The predicted octanol–water partition coefficient (Wildman–Crippen LogP) is 3.79. The third-order valence-electron chi connectivity index (χ3n) is 4.45. The molecular formula is C23H25N3O3. The molecule has 0 saturated heterocycles. The fourth-order valence-corrected chi connectivity index (χ4v) is 3.06. The van der Waals surface area contributed by atoms with E-state index in [2.05, 4.69) is 5.10 Å². The summed E-state index contributed by atoms with van der Waals surface area (Å²) < 4.78 is 6.98. The number of ether oxygens (including phenoxy) is 1. The van der Waals surface area contributed by atoms with Crippen LogP contribution in [0.2, 0.25) is 0 Å². The second-order valence-electron chi connectivity index (χ2n) is 6.98. The summed E-state index contributed by atoms with van der Waals surface area (Å²) in [4.78, 5) is 26.3. The molecule has 150 valence electrons. The minimum atomic E-state index is -0.400. The fraction of sp³-hybridized carbons (Fsp3) is 0.261. The van der Waals surface area contributed by atoms with E-state index in [1.807, 2.05) is 80.7 Å². The lowest BCUT2D eigenvalue weighted by atomic mass is 10.2. The zero-order valence-electron chi connectivity index (χ0n) is 16.7. The molecule has 1 aromatic heterocycles. The third kappa shape index (κ3) is 5.54. The van der Waals surface area contributed by atoms with Gasteiger partial charge in [-0.05, 0) is 50.1 Å². The third-order valence-corrected chi connectivity index (χ3v) is 4.45. The van der Waals surface area contributed by atoms with Gasteiger partial charge in [0.05, 0.1) is 11.9 Å². The van der Waals surface area contributed by atoms with Gasteiger partial charge in [-0.25, -0.2) is 4.68 Å².